The normalized spacial score (nSPS) is 43.1. The molecule has 1 saturated heterocycles. The van der Waals surface area contributed by atoms with E-state index >= 15 is 0 Å². The highest BCUT2D eigenvalue weighted by molar-refractivity contribution is 9.10. The molecule has 0 bridgehead atoms. The van der Waals surface area contributed by atoms with Crippen molar-refractivity contribution in [3.8, 4) is 0 Å². The Hall–Kier alpha value is 0.660. The lowest BCUT2D eigenvalue weighted by Gasteiger charge is -2.05. The van der Waals surface area contributed by atoms with Crippen molar-refractivity contribution in [3.05, 3.63) is 12.7 Å². The van der Waals surface area contributed by atoms with Gasteiger partial charge in [-0.25, -0.2) is 0 Å². The zero-order chi connectivity index (χ0) is 6.85. The number of hydrogen-bond acceptors (Lipinski definition) is 1. The van der Waals surface area contributed by atoms with E-state index in [9.17, 15) is 0 Å². The fourth-order valence-corrected chi connectivity index (χ4v) is 2.66. The Balaban J connectivity index is 2.47. The Labute approximate surface area is 71.7 Å². The van der Waals surface area contributed by atoms with Gasteiger partial charge >= 0.3 is 0 Å². The highest BCUT2D eigenvalue weighted by atomic mass is 79.9. The van der Waals surface area contributed by atoms with Crippen molar-refractivity contribution in [2.45, 2.75) is 22.4 Å². The molecule has 1 heterocycles. The maximum atomic E-state index is 5.37. The average Bonchev–Trinajstić information content (AvgIpc) is 2.10. The molecule has 0 aromatic heterocycles. The molecule has 1 aliphatic heterocycles. The minimum absolute atomic E-state index is 0.175. The van der Waals surface area contributed by atoms with E-state index in [4.69, 9.17) is 4.74 Å². The van der Waals surface area contributed by atoms with Crippen molar-refractivity contribution in [3.63, 3.8) is 0 Å². The van der Waals surface area contributed by atoms with Crippen LogP contribution >= 0.6 is 31.9 Å². The van der Waals surface area contributed by atoms with Crippen LogP contribution in [0.4, 0.5) is 0 Å². The van der Waals surface area contributed by atoms with Gasteiger partial charge in [0.15, 0.2) is 0 Å². The summed E-state index contributed by atoms with van der Waals surface area (Å²) in [6.45, 7) is 3.65. The summed E-state index contributed by atoms with van der Waals surface area (Å²) in [5.41, 5.74) is 0. The lowest BCUT2D eigenvalue weighted by atomic mass is 10.2. The standard InChI is InChI=1S/C6H8Br2O/c1-2-5-4(7)3-6(8)9-5/h2,4-6H,1,3H2. The van der Waals surface area contributed by atoms with E-state index in [1.165, 1.54) is 0 Å². The van der Waals surface area contributed by atoms with Crippen molar-refractivity contribution in [2.24, 2.45) is 0 Å². The van der Waals surface area contributed by atoms with E-state index < -0.39 is 0 Å². The molecule has 3 heteroatoms. The molecule has 3 atom stereocenters. The van der Waals surface area contributed by atoms with Crippen LogP contribution in [0.15, 0.2) is 12.7 Å². The molecule has 0 saturated carbocycles. The first-order valence-electron chi connectivity index (χ1n) is 2.80. The fourth-order valence-electron chi connectivity index (χ4n) is 0.826. The molecule has 0 aromatic carbocycles. The van der Waals surface area contributed by atoms with Gasteiger partial charge in [-0.15, -0.1) is 6.58 Å². The predicted octanol–water partition coefficient (Wildman–Crippen LogP) is 2.45. The van der Waals surface area contributed by atoms with Crippen LogP contribution < -0.4 is 0 Å². The van der Waals surface area contributed by atoms with Crippen LogP contribution in [0.5, 0.6) is 0 Å². The Bertz CT molecular complexity index is 116. The summed E-state index contributed by atoms with van der Waals surface area (Å²) in [5, 5.41) is 0.199. The summed E-state index contributed by atoms with van der Waals surface area (Å²) in [6.07, 6.45) is 3.01. The summed E-state index contributed by atoms with van der Waals surface area (Å²) in [6, 6.07) is 0. The average molecular weight is 256 g/mol. The van der Waals surface area contributed by atoms with Crippen LogP contribution in [-0.4, -0.2) is 15.9 Å². The van der Waals surface area contributed by atoms with Gasteiger partial charge in [0, 0.05) is 4.83 Å². The first kappa shape index (κ1) is 7.76. The van der Waals surface area contributed by atoms with Crippen molar-refractivity contribution in [1.29, 1.82) is 0 Å². The number of hydrogen-bond donors (Lipinski definition) is 0. The number of rotatable bonds is 1. The minimum atomic E-state index is 0.175. The summed E-state index contributed by atoms with van der Waals surface area (Å²) >= 11 is 6.84. The highest BCUT2D eigenvalue weighted by Crippen LogP contribution is 2.29. The SMILES string of the molecule is C=CC1OC(Br)CC1Br. The monoisotopic (exact) mass is 254 g/mol. The zero-order valence-electron chi connectivity index (χ0n) is 4.89. The Morgan fingerprint density at radius 1 is 1.56 bits per heavy atom. The molecular formula is C6H8Br2O. The second-order valence-corrected chi connectivity index (χ2v) is 4.20. The maximum absolute atomic E-state index is 5.37. The molecule has 0 amide bonds. The first-order valence-corrected chi connectivity index (χ1v) is 4.63. The molecule has 1 rings (SSSR count). The molecule has 3 unspecified atom stereocenters. The molecule has 0 aromatic rings. The molecule has 1 fully saturated rings. The molecule has 52 valence electrons. The van der Waals surface area contributed by atoms with Crippen LogP contribution in [0.25, 0.3) is 0 Å². The third-order valence-electron chi connectivity index (χ3n) is 1.30. The van der Waals surface area contributed by atoms with Crippen LogP contribution in [-0.2, 0) is 4.74 Å². The van der Waals surface area contributed by atoms with Crippen molar-refractivity contribution >= 4 is 31.9 Å². The van der Waals surface area contributed by atoms with Gasteiger partial charge in [-0.2, -0.15) is 0 Å². The summed E-state index contributed by atoms with van der Waals surface area (Å²) in [7, 11) is 0. The number of halogens is 2. The Morgan fingerprint density at radius 2 is 2.22 bits per heavy atom. The molecule has 0 aliphatic carbocycles. The van der Waals surface area contributed by atoms with Gasteiger partial charge in [-0.1, -0.05) is 37.9 Å². The van der Waals surface area contributed by atoms with Crippen molar-refractivity contribution < 1.29 is 4.74 Å². The van der Waals surface area contributed by atoms with E-state index in [0.29, 0.717) is 4.83 Å². The highest BCUT2D eigenvalue weighted by Gasteiger charge is 2.29. The van der Waals surface area contributed by atoms with Gasteiger partial charge in [0.05, 0.1) is 6.10 Å². The molecular weight excluding hydrogens is 248 g/mol. The minimum Gasteiger partial charge on any atom is -0.358 e. The molecule has 1 nitrogen and oxygen atoms in total. The third kappa shape index (κ3) is 1.79. The van der Waals surface area contributed by atoms with Crippen LogP contribution in [0, 0.1) is 0 Å². The third-order valence-corrected chi connectivity index (χ3v) is 2.79. The lowest BCUT2D eigenvalue weighted by Crippen LogP contribution is -2.10. The molecule has 0 N–H and O–H groups in total. The smallest absolute Gasteiger partial charge is 0.114 e. The summed E-state index contributed by atoms with van der Waals surface area (Å²) in [5.74, 6) is 0. The molecule has 0 spiro atoms. The zero-order valence-corrected chi connectivity index (χ0v) is 8.06. The van der Waals surface area contributed by atoms with Crippen LogP contribution in [0.2, 0.25) is 0 Å². The van der Waals surface area contributed by atoms with Gasteiger partial charge in [0.2, 0.25) is 0 Å². The van der Waals surface area contributed by atoms with Gasteiger partial charge in [-0.05, 0) is 6.42 Å². The van der Waals surface area contributed by atoms with Gasteiger partial charge in [0.1, 0.15) is 5.01 Å². The molecule has 9 heavy (non-hydrogen) atoms. The van der Waals surface area contributed by atoms with E-state index in [1.54, 1.807) is 0 Å². The number of alkyl halides is 2. The fraction of sp³-hybridized carbons (Fsp3) is 0.667. The Kier molecular flexibility index (Phi) is 2.73. The van der Waals surface area contributed by atoms with Crippen molar-refractivity contribution in [2.75, 3.05) is 0 Å². The van der Waals surface area contributed by atoms with Crippen LogP contribution in [0.1, 0.15) is 6.42 Å². The molecule has 1 aliphatic rings. The van der Waals surface area contributed by atoms with E-state index in [-0.39, 0.29) is 11.1 Å². The van der Waals surface area contributed by atoms with E-state index in [2.05, 4.69) is 38.4 Å². The maximum Gasteiger partial charge on any atom is 0.114 e. The van der Waals surface area contributed by atoms with E-state index in [0.717, 1.165) is 6.42 Å². The largest absolute Gasteiger partial charge is 0.358 e. The second kappa shape index (κ2) is 3.17. The van der Waals surface area contributed by atoms with Gasteiger partial charge < -0.3 is 4.74 Å². The van der Waals surface area contributed by atoms with Crippen molar-refractivity contribution in [1.82, 2.24) is 0 Å². The van der Waals surface area contributed by atoms with Gasteiger partial charge in [-0.3, -0.25) is 0 Å². The molecule has 0 radical (unpaired) electrons. The summed E-state index contributed by atoms with van der Waals surface area (Å²) in [4.78, 5) is 0.430. The summed E-state index contributed by atoms with van der Waals surface area (Å²) < 4.78 is 5.37. The Morgan fingerprint density at radius 3 is 2.44 bits per heavy atom. The predicted molar refractivity (Wildman–Crippen MR) is 45.1 cm³/mol. The topological polar surface area (TPSA) is 9.23 Å². The van der Waals surface area contributed by atoms with Crippen LogP contribution in [0.3, 0.4) is 0 Å². The number of ether oxygens (including phenoxy) is 1. The van der Waals surface area contributed by atoms with E-state index in [1.807, 2.05) is 6.08 Å². The second-order valence-electron chi connectivity index (χ2n) is 2.00. The quantitative estimate of drug-likeness (QED) is 0.517. The lowest BCUT2D eigenvalue weighted by molar-refractivity contribution is 0.130. The first-order chi connectivity index (χ1) is 4.24. The van der Waals surface area contributed by atoms with Gasteiger partial charge in [0.25, 0.3) is 0 Å².